The van der Waals surface area contributed by atoms with Crippen molar-refractivity contribution in [1.29, 1.82) is 0 Å². The third-order valence-corrected chi connectivity index (χ3v) is 4.31. The van der Waals surface area contributed by atoms with Gasteiger partial charge in [0.05, 0.1) is 17.4 Å². The average molecular weight is 345 g/mol. The van der Waals surface area contributed by atoms with Crippen LogP contribution in [0, 0.1) is 13.8 Å². The van der Waals surface area contributed by atoms with Crippen molar-refractivity contribution in [3.05, 3.63) is 83.7 Å². The topological polar surface area (TPSA) is 45.2 Å². The molecule has 0 unspecified atom stereocenters. The summed E-state index contributed by atoms with van der Waals surface area (Å²) in [7, 11) is 0. The largest absolute Gasteiger partial charge is 0.340 e. The number of nitrogens with one attached hydrogen (secondary N) is 1. The zero-order valence-corrected chi connectivity index (χ0v) is 15.4. The summed E-state index contributed by atoms with van der Waals surface area (Å²) in [5.41, 5.74) is 5.54. The lowest BCUT2D eigenvalue weighted by Gasteiger charge is -2.23. The Kier molecular flexibility index (Phi) is 5.32. The second-order valence-corrected chi connectivity index (χ2v) is 6.28. The molecule has 1 amide bonds. The van der Waals surface area contributed by atoms with Crippen LogP contribution in [0.1, 0.15) is 28.4 Å². The molecule has 0 bridgehead atoms. The lowest BCUT2D eigenvalue weighted by atomic mass is 10.1. The number of carbonyl (C=O) groups is 1. The minimum Gasteiger partial charge on any atom is -0.340 e. The van der Waals surface area contributed by atoms with Crippen molar-refractivity contribution in [3.63, 3.8) is 0 Å². The van der Waals surface area contributed by atoms with Gasteiger partial charge in [-0.25, -0.2) is 0 Å². The number of anilines is 3. The summed E-state index contributed by atoms with van der Waals surface area (Å²) in [6.07, 6.45) is 3.38. The van der Waals surface area contributed by atoms with E-state index < -0.39 is 0 Å². The summed E-state index contributed by atoms with van der Waals surface area (Å²) in [5.74, 6) is -0.157. The Labute approximate surface area is 154 Å². The van der Waals surface area contributed by atoms with Gasteiger partial charge in [-0.3, -0.25) is 9.78 Å². The van der Waals surface area contributed by atoms with E-state index in [9.17, 15) is 4.79 Å². The Hall–Kier alpha value is -3.14. The zero-order chi connectivity index (χ0) is 18.5. The van der Waals surface area contributed by atoms with Gasteiger partial charge in [0.1, 0.15) is 0 Å². The van der Waals surface area contributed by atoms with Crippen LogP contribution in [0.4, 0.5) is 17.1 Å². The normalized spacial score (nSPS) is 10.4. The van der Waals surface area contributed by atoms with Gasteiger partial charge in [-0.15, -0.1) is 0 Å². The Balaban J connectivity index is 1.85. The lowest BCUT2D eigenvalue weighted by molar-refractivity contribution is 0.102. The third-order valence-electron chi connectivity index (χ3n) is 4.31. The Morgan fingerprint density at radius 2 is 1.77 bits per heavy atom. The molecule has 132 valence electrons. The number of nitrogens with zero attached hydrogens (tertiary/aromatic N) is 2. The van der Waals surface area contributed by atoms with E-state index in [0.29, 0.717) is 5.56 Å². The fraction of sp³-hybridized carbons (Fsp3) is 0.182. The summed E-state index contributed by atoms with van der Waals surface area (Å²) in [6, 6.07) is 17.9. The first-order valence-electron chi connectivity index (χ1n) is 8.74. The van der Waals surface area contributed by atoms with E-state index >= 15 is 0 Å². The quantitative estimate of drug-likeness (QED) is 0.699. The van der Waals surface area contributed by atoms with Crippen LogP contribution in [0.25, 0.3) is 0 Å². The minimum atomic E-state index is -0.157. The molecule has 1 aromatic heterocycles. The molecule has 4 nitrogen and oxygen atoms in total. The molecule has 4 heteroatoms. The first-order chi connectivity index (χ1) is 12.6. The van der Waals surface area contributed by atoms with Crippen molar-refractivity contribution < 1.29 is 4.79 Å². The van der Waals surface area contributed by atoms with Crippen LogP contribution in [-0.2, 0) is 0 Å². The number of aryl methyl sites for hydroxylation is 2. The molecule has 0 aliphatic rings. The maximum absolute atomic E-state index is 12.7. The van der Waals surface area contributed by atoms with E-state index in [4.69, 9.17) is 0 Å². The predicted molar refractivity (Wildman–Crippen MR) is 107 cm³/mol. The van der Waals surface area contributed by atoms with E-state index in [1.54, 1.807) is 12.4 Å². The number of para-hydroxylation sites is 1. The SMILES string of the molecule is CCN(c1ccccc1)c1cncc(C(=O)Nc2ccc(C)cc2C)c1. The highest BCUT2D eigenvalue weighted by Gasteiger charge is 2.12. The van der Waals surface area contributed by atoms with Crippen LogP contribution >= 0.6 is 0 Å². The number of benzene rings is 2. The number of hydrogen-bond acceptors (Lipinski definition) is 3. The van der Waals surface area contributed by atoms with Crippen LogP contribution in [0.2, 0.25) is 0 Å². The fourth-order valence-corrected chi connectivity index (χ4v) is 2.97. The number of aromatic nitrogens is 1. The molecule has 0 saturated carbocycles. The molecule has 0 spiro atoms. The van der Waals surface area contributed by atoms with Gasteiger partial charge in [-0.1, -0.05) is 35.9 Å². The number of rotatable bonds is 5. The van der Waals surface area contributed by atoms with E-state index in [1.807, 2.05) is 62.4 Å². The molecule has 0 aliphatic heterocycles. The summed E-state index contributed by atoms with van der Waals surface area (Å²) in [6.45, 7) is 6.89. The van der Waals surface area contributed by atoms with Gasteiger partial charge >= 0.3 is 0 Å². The number of carbonyl (C=O) groups excluding carboxylic acids is 1. The molecule has 0 radical (unpaired) electrons. The molecule has 26 heavy (non-hydrogen) atoms. The number of hydrogen-bond donors (Lipinski definition) is 1. The van der Waals surface area contributed by atoms with Crippen molar-refractivity contribution >= 4 is 23.0 Å². The van der Waals surface area contributed by atoms with Gasteiger partial charge in [0.2, 0.25) is 0 Å². The van der Waals surface area contributed by atoms with Crippen LogP contribution < -0.4 is 10.2 Å². The molecule has 0 saturated heterocycles. The molecule has 3 aromatic rings. The van der Waals surface area contributed by atoms with E-state index in [-0.39, 0.29) is 5.91 Å². The molecular formula is C22H23N3O. The van der Waals surface area contributed by atoms with Crippen molar-refractivity contribution in [3.8, 4) is 0 Å². The smallest absolute Gasteiger partial charge is 0.257 e. The van der Waals surface area contributed by atoms with Crippen LogP contribution in [0.15, 0.2) is 67.0 Å². The molecule has 3 rings (SSSR count). The van der Waals surface area contributed by atoms with Crippen molar-refractivity contribution in [2.24, 2.45) is 0 Å². The summed E-state index contributed by atoms with van der Waals surface area (Å²) >= 11 is 0. The molecular weight excluding hydrogens is 322 g/mol. The predicted octanol–water partition coefficient (Wildman–Crippen LogP) is 5.11. The number of amides is 1. The van der Waals surface area contributed by atoms with Crippen molar-refractivity contribution in [1.82, 2.24) is 4.98 Å². The second-order valence-electron chi connectivity index (χ2n) is 6.28. The molecule has 1 N–H and O–H groups in total. The Bertz CT molecular complexity index is 906. The molecule has 0 aliphatic carbocycles. The highest BCUT2D eigenvalue weighted by atomic mass is 16.1. The number of pyridine rings is 1. The zero-order valence-electron chi connectivity index (χ0n) is 15.4. The van der Waals surface area contributed by atoms with Crippen LogP contribution in [0.5, 0.6) is 0 Å². The summed E-state index contributed by atoms with van der Waals surface area (Å²) in [4.78, 5) is 19.1. The Morgan fingerprint density at radius 1 is 1.00 bits per heavy atom. The maximum atomic E-state index is 12.7. The van der Waals surface area contributed by atoms with Gasteiger partial charge < -0.3 is 10.2 Å². The van der Waals surface area contributed by atoms with Gasteiger partial charge in [0.15, 0.2) is 0 Å². The summed E-state index contributed by atoms with van der Waals surface area (Å²) < 4.78 is 0. The minimum absolute atomic E-state index is 0.157. The maximum Gasteiger partial charge on any atom is 0.257 e. The van der Waals surface area contributed by atoms with Crippen molar-refractivity contribution in [2.45, 2.75) is 20.8 Å². The van der Waals surface area contributed by atoms with Gasteiger partial charge in [0.25, 0.3) is 5.91 Å². The standard InChI is InChI=1S/C22H23N3O/c1-4-25(19-8-6-5-7-9-19)20-13-18(14-23-15-20)22(26)24-21-11-10-16(2)12-17(21)3/h5-15H,4H2,1-3H3,(H,24,26). The van der Waals surface area contributed by atoms with Gasteiger partial charge in [-0.2, -0.15) is 0 Å². The van der Waals surface area contributed by atoms with Crippen molar-refractivity contribution in [2.75, 3.05) is 16.8 Å². The van der Waals surface area contributed by atoms with Gasteiger partial charge in [0, 0.05) is 24.1 Å². The highest BCUT2D eigenvalue weighted by Crippen LogP contribution is 2.25. The fourth-order valence-electron chi connectivity index (χ4n) is 2.97. The van der Waals surface area contributed by atoms with Crippen LogP contribution in [0.3, 0.4) is 0 Å². The third kappa shape index (κ3) is 3.91. The summed E-state index contributed by atoms with van der Waals surface area (Å²) in [5, 5.41) is 2.98. The molecule has 0 atom stereocenters. The lowest BCUT2D eigenvalue weighted by Crippen LogP contribution is -2.18. The second kappa shape index (κ2) is 7.83. The molecule has 1 heterocycles. The highest BCUT2D eigenvalue weighted by molar-refractivity contribution is 6.05. The average Bonchev–Trinajstić information content (AvgIpc) is 2.66. The van der Waals surface area contributed by atoms with E-state index in [1.165, 1.54) is 5.56 Å². The molecule has 0 fully saturated rings. The van der Waals surface area contributed by atoms with E-state index in [2.05, 4.69) is 28.2 Å². The van der Waals surface area contributed by atoms with E-state index in [0.717, 1.165) is 29.2 Å². The Morgan fingerprint density at radius 3 is 2.46 bits per heavy atom. The van der Waals surface area contributed by atoms with Crippen LogP contribution in [-0.4, -0.2) is 17.4 Å². The molecule has 2 aromatic carbocycles. The monoisotopic (exact) mass is 345 g/mol. The van der Waals surface area contributed by atoms with Gasteiger partial charge in [-0.05, 0) is 50.6 Å². The first-order valence-corrected chi connectivity index (χ1v) is 8.74. The first kappa shape index (κ1) is 17.7.